The van der Waals surface area contributed by atoms with Gasteiger partial charge in [0.1, 0.15) is 5.75 Å². The Hall–Kier alpha value is -1.96. The zero-order chi connectivity index (χ0) is 17.7. The molecule has 134 valence electrons. The summed E-state index contributed by atoms with van der Waals surface area (Å²) in [5, 5.41) is 12.1. The van der Waals surface area contributed by atoms with Crippen molar-refractivity contribution in [3.05, 3.63) is 24.3 Å². The molecule has 2 rings (SSSR count). The van der Waals surface area contributed by atoms with Crippen LogP contribution in [0.15, 0.2) is 24.3 Å². The van der Waals surface area contributed by atoms with E-state index in [4.69, 9.17) is 4.74 Å². The summed E-state index contributed by atoms with van der Waals surface area (Å²) in [6.45, 7) is 0.869. The number of aliphatic hydroxyl groups is 1. The molecule has 0 saturated carbocycles. The van der Waals surface area contributed by atoms with Gasteiger partial charge in [0.2, 0.25) is 0 Å². The summed E-state index contributed by atoms with van der Waals surface area (Å²) in [4.78, 5) is 14.0. The number of alkyl halides is 3. The lowest BCUT2D eigenvalue weighted by atomic mass is 9.91. The maximum Gasteiger partial charge on any atom is 0.422 e. The van der Waals surface area contributed by atoms with E-state index in [0.717, 1.165) is 12.8 Å². The van der Waals surface area contributed by atoms with E-state index >= 15 is 0 Å². The van der Waals surface area contributed by atoms with Crippen molar-refractivity contribution >= 4 is 11.7 Å². The number of ether oxygens (including phenoxy) is 1. The highest BCUT2D eigenvalue weighted by Gasteiger charge is 2.32. The summed E-state index contributed by atoms with van der Waals surface area (Å²) >= 11 is 0. The average Bonchev–Trinajstić information content (AvgIpc) is 2.53. The van der Waals surface area contributed by atoms with Gasteiger partial charge in [-0.05, 0) is 30.9 Å². The Morgan fingerprint density at radius 2 is 2.12 bits per heavy atom. The van der Waals surface area contributed by atoms with Crippen molar-refractivity contribution in [2.75, 3.05) is 25.1 Å². The van der Waals surface area contributed by atoms with Crippen LogP contribution in [0.25, 0.3) is 0 Å². The quantitative estimate of drug-likeness (QED) is 0.880. The van der Waals surface area contributed by atoms with Crippen molar-refractivity contribution in [3.63, 3.8) is 0 Å². The smallest absolute Gasteiger partial charge is 0.422 e. The Balaban J connectivity index is 2.08. The van der Waals surface area contributed by atoms with Gasteiger partial charge in [-0.1, -0.05) is 19.1 Å². The second-order valence-corrected chi connectivity index (χ2v) is 5.89. The number of benzene rings is 1. The molecule has 1 saturated heterocycles. The van der Waals surface area contributed by atoms with Gasteiger partial charge in [0, 0.05) is 6.54 Å². The maximum absolute atomic E-state index is 12.5. The molecule has 8 heteroatoms. The number of halogens is 3. The molecule has 0 spiro atoms. The number of carbonyl (C=O) groups is 1. The van der Waals surface area contributed by atoms with Crippen LogP contribution in [-0.2, 0) is 0 Å². The molecule has 1 fully saturated rings. The zero-order valence-corrected chi connectivity index (χ0v) is 13.3. The number of anilines is 1. The van der Waals surface area contributed by atoms with Gasteiger partial charge in [-0.25, -0.2) is 4.79 Å². The molecule has 1 heterocycles. The third kappa shape index (κ3) is 4.77. The summed E-state index contributed by atoms with van der Waals surface area (Å²) in [5.41, 5.74) is 0.168. The van der Waals surface area contributed by atoms with Crippen LogP contribution < -0.4 is 10.1 Å². The number of nitrogens with one attached hydrogen (secondary N) is 1. The molecule has 0 bridgehead atoms. The Morgan fingerprint density at radius 1 is 1.42 bits per heavy atom. The van der Waals surface area contributed by atoms with Gasteiger partial charge in [0.25, 0.3) is 0 Å². The normalized spacial score (nSPS) is 21.5. The number of urea groups is 1. The van der Waals surface area contributed by atoms with E-state index in [-0.39, 0.29) is 30.0 Å². The van der Waals surface area contributed by atoms with Crippen molar-refractivity contribution in [1.29, 1.82) is 0 Å². The molecular weight excluding hydrogens is 325 g/mol. The molecule has 24 heavy (non-hydrogen) atoms. The van der Waals surface area contributed by atoms with Gasteiger partial charge in [-0.15, -0.1) is 0 Å². The van der Waals surface area contributed by atoms with Gasteiger partial charge in [-0.2, -0.15) is 13.2 Å². The number of aliphatic hydroxyl groups excluding tert-OH is 1. The maximum atomic E-state index is 12.5. The number of nitrogens with zero attached hydrogens (tertiary/aromatic N) is 1. The predicted molar refractivity (Wildman–Crippen MR) is 83.0 cm³/mol. The van der Waals surface area contributed by atoms with Crippen LogP contribution in [0, 0.1) is 5.92 Å². The third-order valence-corrected chi connectivity index (χ3v) is 4.08. The molecule has 5 nitrogen and oxygen atoms in total. The molecule has 0 radical (unpaired) electrons. The molecule has 1 aromatic rings. The fourth-order valence-corrected chi connectivity index (χ4v) is 2.82. The Bertz CT molecular complexity index is 566. The standard InChI is InChI=1S/C16H21F3N2O3/c1-11-5-4-8-21(13(11)9-22)15(23)20-12-6-2-3-7-14(12)24-10-16(17,18)19/h2-3,6-7,11,13,22H,4-5,8-10H2,1H3,(H,20,23)/t11-,13-/m0/s1. The van der Waals surface area contributed by atoms with Gasteiger partial charge in [-0.3, -0.25) is 0 Å². The number of para-hydroxylation sites is 2. The van der Waals surface area contributed by atoms with E-state index in [1.807, 2.05) is 6.92 Å². The third-order valence-electron chi connectivity index (χ3n) is 4.08. The molecule has 0 unspecified atom stereocenters. The summed E-state index contributed by atoms with van der Waals surface area (Å²) in [6, 6.07) is 5.21. The number of carbonyl (C=O) groups excluding carboxylic acids is 1. The Morgan fingerprint density at radius 3 is 2.79 bits per heavy atom. The first-order valence-electron chi connectivity index (χ1n) is 7.79. The average molecular weight is 346 g/mol. The Kier molecular flexibility index (Phi) is 5.93. The fourth-order valence-electron chi connectivity index (χ4n) is 2.82. The van der Waals surface area contributed by atoms with Crippen molar-refractivity contribution in [1.82, 2.24) is 4.90 Å². The van der Waals surface area contributed by atoms with E-state index in [9.17, 15) is 23.1 Å². The predicted octanol–water partition coefficient (Wildman–Crippen LogP) is 3.25. The molecule has 2 N–H and O–H groups in total. The molecule has 1 aliphatic heterocycles. The van der Waals surface area contributed by atoms with Gasteiger partial charge < -0.3 is 20.1 Å². The van der Waals surface area contributed by atoms with Crippen molar-refractivity contribution in [2.24, 2.45) is 5.92 Å². The highest BCUT2D eigenvalue weighted by Crippen LogP contribution is 2.28. The lowest BCUT2D eigenvalue weighted by Gasteiger charge is -2.38. The van der Waals surface area contributed by atoms with Crippen LogP contribution in [0.1, 0.15) is 19.8 Å². The van der Waals surface area contributed by atoms with Crippen LogP contribution in [0.5, 0.6) is 5.75 Å². The zero-order valence-electron chi connectivity index (χ0n) is 13.3. The van der Waals surface area contributed by atoms with Crippen LogP contribution in [0.3, 0.4) is 0 Å². The second-order valence-electron chi connectivity index (χ2n) is 5.89. The second kappa shape index (κ2) is 7.74. The molecule has 2 atom stereocenters. The topological polar surface area (TPSA) is 61.8 Å². The minimum Gasteiger partial charge on any atom is -0.482 e. The number of likely N-dealkylation sites (tertiary alicyclic amines) is 1. The first-order valence-corrected chi connectivity index (χ1v) is 7.79. The van der Waals surface area contributed by atoms with Gasteiger partial charge in [0.15, 0.2) is 6.61 Å². The summed E-state index contributed by atoms with van der Waals surface area (Å²) in [5.74, 6) is 0.111. The van der Waals surface area contributed by atoms with Gasteiger partial charge in [0.05, 0.1) is 18.3 Å². The molecule has 0 aliphatic carbocycles. The lowest BCUT2D eigenvalue weighted by molar-refractivity contribution is -0.153. The minimum atomic E-state index is -4.46. The molecule has 1 aromatic carbocycles. The first kappa shape index (κ1) is 18.4. The van der Waals surface area contributed by atoms with Crippen LogP contribution in [0.2, 0.25) is 0 Å². The summed E-state index contributed by atoms with van der Waals surface area (Å²) < 4.78 is 41.7. The highest BCUT2D eigenvalue weighted by atomic mass is 19.4. The molecule has 0 aromatic heterocycles. The van der Waals surface area contributed by atoms with E-state index in [1.165, 1.54) is 23.1 Å². The minimum absolute atomic E-state index is 0.0474. The van der Waals surface area contributed by atoms with Crippen molar-refractivity contribution in [2.45, 2.75) is 32.0 Å². The molecule has 1 aliphatic rings. The van der Waals surface area contributed by atoms with E-state index < -0.39 is 18.8 Å². The summed E-state index contributed by atoms with van der Waals surface area (Å²) in [7, 11) is 0. The number of piperidine rings is 1. The SMILES string of the molecule is C[C@H]1CCCN(C(=O)Nc2ccccc2OCC(F)(F)F)[C@H]1CO. The molecule has 2 amide bonds. The lowest BCUT2D eigenvalue weighted by Crippen LogP contribution is -2.51. The first-order chi connectivity index (χ1) is 11.3. The van der Waals surface area contributed by atoms with Crippen LogP contribution >= 0.6 is 0 Å². The number of amides is 2. The Labute approximate surface area is 138 Å². The largest absolute Gasteiger partial charge is 0.482 e. The summed E-state index contributed by atoms with van der Waals surface area (Å²) in [6.07, 6.45) is -2.72. The van der Waals surface area contributed by atoms with E-state index in [2.05, 4.69) is 5.32 Å². The number of hydrogen-bond donors (Lipinski definition) is 2. The van der Waals surface area contributed by atoms with E-state index in [0.29, 0.717) is 6.54 Å². The fraction of sp³-hybridized carbons (Fsp3) is 0.562. The van der Waals surface area contributed by atoms with Gasteiger partial charge >= 0.3 is 12.2 Å². The molecular formula is C16H21F3N2O3. The van der Waals surface area contributed by atoms with E-state index in [1.54, 1.807) is 6.07 Å². The van der Waals surface area contributed by atoms with Crippen molar-refractivity contribution in [3.8, 4) is 5.75 Å². The number of hydrogen-bond acceptors (Lipinski definition) is 3. The van der Waals surface area contributed by atoms with Crippen molar-refractivity contribution < 1.29 is 27.8 Å². The van der Waals surface area contributed by atoms with Crippen LogP contribution in [-0.4, -0.2) is 48.0 Å². The number of rotatable bonds is 4. The monoisotopic (exact) mass is 346 g/mol. The highest BCUT2D eigenvalue weighted by molar-refractivity contribution is 5.91. The van der Waals surface area contributed by atoms with Crippen LogP contribution in [0.4, 0.5) is 23.7 Å².